The maximum absolute atomic E-state index is 11.5. The van der Waals surface area contributed by atoms with Gasteiger partial charge in [0.1, 0.15) is 5.82 Å². The largest absolute Gasteiger partial charge is 0.476 e. The van der Waals surface area contributed by atoms with E-state index in [4.69, 9.17) is 10.1 Å². The number of rotatable bonds is 9. The number of nitrogens with zero attached hydrogens (tertiary/aromatic N) is 4. The molecule has 2 aromatic carbocycles. The van der Waals surface area contributed by atoms with Crippen LogP contribution in [0.1, 0.15) is 53.0 Å². The molecule has 2 heterocycles. The van der Waals surface area contributed by atoms with Crippen LogP contribution in [-0.2, 0) is 19.4 Å². The van der Waals surface area contributed by atoms with Crippen LogP contribution < -0.4 is 0 Å². The standard InChI is InChI=1S/C26H26N4O2/c1-2-3-11-24-28-23(17-19-8-5-4-6-9-19)29-30(24)18-20-12-14-21(15-13-20)22-10-7-16-27-25(22)26(31)32/h4-10,12-16H,2-3,11,17-18H2,1H3,(H,31,32). The van der Waals surface area contributed by atoms with Crippen molar-refractivity contribution in [1.82, 2.24) is 19.7 Å². The third-order valence-corrected chi connectivity index (χ3v) is 5.36. The zero-order valence-corrected chi connectivity index (χ0v) is 18.1. The van der Waals surface area contributed by atoms with Gasteiger partial charge in [0.15, 0.2) is 11.5 Å². The molecule has 0 bridgehead atoms. The number of aryl methyl sites for hydroxylation is 1. The molecule has 32 heavy (non-hydrogen) atoms. The number of hydrogen-bond acceptors (Lipinski definition) is 4. The highest BCUT2D eigenvalue weighted by molar-refractivity contribution is 5.93. The van der Waals surface area contributed by atoms with Gasteiger partial charge in [-0.3, -0.25) is 0 Å². The van der Waals surface area contributed by atoms with Crippen molar-refractivity contribution in [1.29, 1.82) is 0 Å². The van der Waals surface area contributed by atoms with Crippen LogP contribution >= 0.6 is 0 Å². The van der Waals surface area contributed by atoms with E-state index in [1.54, 1.807) is 12.1 Å². The van der Waals surface area contributed by atoms with Crippen LogP contribution in [0.15, 0.2) is 72.9 Å². The van der Waals surface area contributed by atoms with Crippen molar-refractivity contribution >= 4 is 5.97 Å². The molecule has 0 aliphatic rings. The Morgan fingerprint density at radius 3 is 2.47 bits per heavy atom. The topological polar surface area (TPSA) is 80.9 Å². The van der Waals surface area contributed by atoms with Gasteiger partial charge in [-0.2, -0.15) is 5.10 Å². The van der Waals surface area contributed by atoms with Crippen LogP contribution in [-0.4, -0.2) is 30.8 Å². The molecule has 162 valence electrons. The quantitative estimate of drug-likeness (QED) is 0.406. The van der Waals surface area contributed by atoms with Crippen LogP contribution in [0.2, 0.25) is 0 Å². The summed E-state index contributed by atoms with van der Waals surface area (Å²) in [6, 6.07) is 21.7. The lowest BCUT2D eigenvalue weighted by molar-refractivity contribution is 0.0691. The second-order valence-electron chi connectivity index (χ2n) is 7.77. The van der Waals surface area contributed by atoms with Gasteiger partial charge in [0, 0.05) is 24.6 Å². The summed E-state index contributed by atoms with van der Waals surface area (Å²) in [6.45, 7) is 2.80. The average Bonchev–Trinajstić information content (AvgIpc) is 3.19. The van der Waals surface area contributed by atoms with Gasteiger partial charge in [0.05, 0.1) is 6.54 Å². The van der Waals surface area contributed by atoms with E-state index in [1.807, 2.05) is 47.1 Å². The van der Waals surface area contributed by atoms with Crippen molar-refractivity contribution in [3.63, 3.8) is 0 Å². The first kappa shape index (κ1) is 21.4. The summed E-state index contributed by atoms with van der Waals surface area (Å²) in [5.41, 5.74) is 3.78. The summed E-state index contributed by atoms with van der Waals surface area (Å²) in [4.78, 5) is 20.3. The molecule has 4 rings (SSSR count). The number of aromatic carboxylic acids is 1. The average molecular weight is 427 g/mol. The molecule has 0 radical (unpaired) electrons. The smallest absolute Gasteiger partial charge is 0.355 e. The minimum absolute atomic E-state index is 0.0592. The number of carbonyl (C=O) groups is 1. The van der Waals surface area contributed by atoms with Gasteiger partial charge in [-0.1, -0.05) is 74.0 Å². The Balaban J connectivity index is 1.56. The lowest BCUT2D eigenvalue weighted by Gasteiger charge is -2.08. The molecule has 6 heteroatoms. The molecule has 0 unspecified atom stereocenters. The Bertz CT molecular complexity index is 1180. The zero-order chi connectivity index (χ0) is 22.3. The Hall–Kier alpha value is -3.80. The van der Waals surface area contributed by atoms with Crippen molar-refractivity contribution in [2.75, 3.05) is 0 Å². The van der Waals surface area contributed by atoms with Gasteiger partial charge < -0.3 is 5.11 Å². The summed E-state index contributed by atoms with van der Waals surface area (Å²) in [7, 11) is 0. The van der Waals surface area contributed by atoms with E-state index in [0.717, 1.165) is 42.0 Å². The van der Waals surface area contributed by atoms with Gasteiger partial charge in [-0.25, -0.2) is 19.4 Å². The van der Waals surface area contributed by atoms with Crippen LogP contribution in [0.25, 0.3) is 11.1 Å². The van der Waals surface area contributed by atoms with Crippen LogP contribution in [0, 0.1) is 0 Å². The highest BCUT2D eigenvalue weighted by Gasteiger charge is 2.14. The van der Waals surface area contributed by atoms with Crippen molar-refractivity contribution in [3.8, 4) is 11.1 Å². The van der Waals surface area contributed by atoms with Gasteiger partial charge in [0.25, 0.3) is 0 Å². The third kappa shape index (κ3) is 5.09. The van der Waals surface area contributed by atoms with E-state index in [2.05, 4.69) is 24.0 Å². The number of pyridine rings is 1. The molecule has 0 saturated heterocycles. The molecule has 0 fully saturated rings. The number of aromatic nitrogens is 4. The molecule has 0 amide bonds. The summed E-state index contributed by atoms with van der Waals surface area (Å²) in [6.07, 6.45) is 5.28. The Labute approximate surface area is 187 Å². The fourth-order valence-corrected chi connectivity index (χ4v) is 3.70. The highest BCUT2D eigenvalue weighted by Crippen LogP contribution is 2.23. The van der Waals surface area contributed by atoms with Gasteiger partial charge in [-0.05, 0) is 29.2 Å². The predicted octanol–water partition coefficient (Wildman–Crippen LogP) is 5.02. The SMILES string of the molecule is CCCCc1nc(Cc2ccccc2)nn1Cc1ccc(-c2cccnc2C(=O)O)cc1. The fraction of sp³-hybridized carbons (Fsp3) is 0.231. The molecule has 0 aliphatic heterocycles. The minimum Gasteiger partial charge on any atom is -0.476 e. The first-order chi connectivity index (χ1) is 15.6. The Morgan fingerprint density at radius 1 is 0.969 bits per heavy atom. The van der Waals surface area contributed by atoms with Crippen molar-refractivity contribution < 1.29 is 9.90 Å². The second-order valence-corrected chi connectivity index (χ2v) is 7.77. The van der Waals surface area contributed by atoms with E-state index in [9.17, 15) is 9.90 Å². The molecular weight excluding hydrogens is 400 g/mol. The third-order valence-electron chi connectivity index (χ3n) is 5.36. The normalized spacial score (nSPS) is 10.9. The first-order valence-electron chi connectivity index (χ1n) is 10.9. The van der Waals surface area contributed by atoms with Crippen LogP contribution in [0.5, 0.6) is 0 Å². The number of carboxylic acid groups (broad SMARTS) is 1. The molecule has 0 spiro atoms. The van der Waals surface area contributed by atoms with Crippen molar-refractivity contribution in [2.24, 2.45) is 0 Å². The van der Waals surface area contributed by atoms with E-state index in [1.165, 1.54) is 11.8 Å². The second kappa shape index (κ2) is 10.0. The molecule has 2 aromatic heterocycles. The highest BCUT2D eigenvalue weighted by atomic mass is 16.4. The van der Waals surface area contributed by atoms with Crippen molar-refractivity contribution in [3.05, 3.63) is 101 Å². The Kier molecular flexibility index (Phi) is 6.70. The van der Waals surface area contributed by atoms with Crippen molar-refractivity contribution in [2.45, 2.75) is 39.2 Å². The minimum atomic E-state index is -1.03. The molecule has 1 N–H and O–H groups in total. The summed E-state index contributed by atoms with van der Waals surface area (Å²) < 4.78 is 2.00. The number of benzene rings is 2. The number of unbranched alkanes of at least 4 members (excludes halogenated alkanes) is 1. The Morgan fingerprint density at radius 2 is 1.75 bits per heavy atom. The molecule has 4 aromatic rings. The molecule has 0 aliphatic carbocycles. The van der Waals surface area contributed by atoms with Gasteiger partial charge >= 0.3 is 5.97 Å². The fourth-order valence-electron chi connectivity index (χ4n) is 3.70. The lowest BCUT2D eigenvalue weighted by atomic mass is 10.0. The maximum Gasteiger partial charge on any atom is 0.355 e. The maximum atomic E-state index is 11.5. The lowest BCUT2D eigenvalue weighted by Crippen LogP contribution is -2.07. The summed E-state index contributed by atoms with van der Waals surface area (Å²) in [5, 5.41) is 14.2. The monoisotopic (exact) mass is 426 g/mol. The molecule has 6 nitrogen and oxygen atoms in total. The number of hydrogen-bond donors (Lipinski definition) is 1. The zero-order valence-electron chi connectivity index (χ0n) is 18.1. The van der Waals surface area contributed by atoms with E-state index < -0.39 is 5.97 Å². The predicted molar refractivity (Wildman–Crippen MR) is 124 cm³/mol. The van der Waals surface area contributed by atoms with Gasteiger partial charge in [-0.15, -0.1) is 0 Å². The molecule has 0 saturated carbocycles. The van der Waals surface area contributed by atoms with E-state index in [-0.39, 0.29) is 5.69 Å². The summed E-state index contributed by atoms with van der Waals surface area (Å²) >= 11 is 0. The van der Waals surface area contributed by atoms with Crippen LogP contribution in [0.4, 0.5) is 0 Å². The van der Waals surface area contributed by atoms with Crippen LogP contribution in [0.3, 0.4) is 0 Å². The van der Waals surface area contributed by atoms with E-state index in [0.29, 0.717) is 18.5 Å². The van der Waals surface area contributed by atoms with E-state index >= 15 is 0 Å². The summed E-state index contributed by atoms with van der Waals surface area (Å²) in [5.74, 6) is 0.807. The molecular formula is C26H26N4O2. The van der Waals surface area contributed by atoms with Gasteiger partial charge in [0.2, 0.25) is 0 Å². The first-order valence-corrected chi connectivity index (χ1v) is 10.9. The molecule has 0 atom stereocenters. The number of carboxylic acids is 1.